The molecule has 2 aromatic rings. The van der Waals surface area contributed by atoms with E-state index in [0.29, 0.717) is 5.92 Å². The Balaban J connectivity index is 0.000000514. The van der Waals surface area contributed by atoms with Crippen LogP contribution in [0.1, 0.15) is 32.0 Å². The first kappa shape index (κ1) is 11.7. The van der Waals surface area contributed by atoms with E-state index in [9.17, 15) is 0 Å². The number of hydrogen-bond donors (Lipinski definition) is 1. The summed E-state index contributed by atoms with van der Waals surface area (Å²) in [5.74, 6) is 0.518. The molecule has 1 aromatic heterocycles. The fraction of sp³-hybridized carbons (Fsp3) is 0.250. The predicted octanol–water partition coefficient (Wildman–Crippen LogP) is 4.87. The average molecular weight is 225 g/mol. The molecule has 0 saturated heterocycles. The van der Waals surface area contributed by atoms with Gasteiger partial charge in [0.05, 0.1) is 0 Å². The van der Waals surface area contributed by atoms with E-state index >= 15 is 0 Å². The summed E-state index contributed by atoms with van der Waals surface area (Å²) in [6, 6.07) is 8.43. The molecule has 0 bridgehead atoms. The van der Waals surface area contributed by atoms with Crippen LogP contribution in [-0.4, -0.2) is 4.98 Å². The maximum Gasteiger partial charge on any atom is 0.0464 e. The summed E-state index contributed by atoms with van der Waals surface area (Å²) in [6.07, 6.45) is 8.86. The van der Waals surface area contributed by atoms with Crippen LogP contribution in [0.4, 0.5) is 0 Å². The number of fused-ring (bicyclic) bond motifs is 3. The van der Waals surface area contributed by atoms with E-state index in [2.05, 4.69) is 60.5 Å². The van der Waals surface area contributed by atoms with Crippen LogP contribution in [-0.2, 0) is 0 Å². The standard InChI is InChI=1S/C14H13N.C2H6/c1-10-6-8-12-11-4-2-3-5-13(11)15-14(12)9-7-10;1-2/h2-10,15H,1H3;1-2H3. The third kappa shape index (κ3) is 2.19. The fourth-order valence-corrected chi connectivity index (χ4v) is 2.06. The third-order valence-electron chi connectivity index (χ3n) is 2.91. The maximum absolute atomic E-state index is 3.44. The van der Waals surface area contributed by atoms with Gasteiger partial charge in [0.2, 0.25) is 0 Å². The number of para-hydroxylation sites is 1. The van der Waals surface area contributed by atoms with Gasteiger partial charge in [-0.1, -0.05) is 57.2 Å². The molecule has 0 fully saturated rings. The molecule has 3 rings (SSSR count). The van der Waals surface area contributed by atoms with E-state index in [1.54, 1.807) is 0 Å². The van der Waals surface area contributed by atoms with E-state index in [4.69, 9.17) is 0 Å². The van der Waals surface area contributed by atoms with Crippen LogP contribution in [0.15, 0.2) is 36.4 Å². The van der Waals surface area contributed by atoms with Gasteiger partial charge < -0.3 is 4.98 Å². The van der Waals surface area contributed by atoms with Crippen molar-refractivity contribution in [2.45, 2.75) is 20.8 Å². The lowest BCUT2D eigenvalue weighted by molar-refractivity contribution is 0.953. The second-order valence-electron chi connectivity index (χ2n) is 4.08. The van der Waals surface area contributed by atoms with Crippen LogP contribution in [0.3, 0.4) is 0 Å². The van der Waals surface area contributed by atoms with Crippen molar-refractivity contribution in [2.75, 3.05) is 0 Å². The number of allylic oxidation sites excluding steroid dienone is 2. The van der Waals surface area contributed by atoms with Gasteiger partial charge in [-0.3, -0.25) is 0 Å². The Kier molecular flexibility index (Phi) is 3.48. The smallest absolute Gasteiger partial charge is 0.0464 e. The molecule has 0 amide bonds. The van der Waals surface area contributed by atoms with Gasteiger partial charge in [0, 0.05) is 22.2 Å². The Morgan fingerprint density at radius 2 is 1.71 bits per heavy atom. The molecule has 1 aliphatic rings. The zero-order valence-electron chi connectivity index (χ0n) is 10.7. The molecule has 1 nitrogen and oxygen atoms in total. The van der Waals surface area contributed by atoms with E-state index in [0.717, 1.165) is 0 Å². The number of nitrogens with one attached hydrogen (secondary N) is 1. The maximum atomic E-state index is 3.44. The second kappa shape index (κ2) is 5.05. The molecule has 1 atom stereocenters. The van der Waals surface area contributed by atoms with E-state index in [1.807, 2.05) is 13.8 Å². The summed E-state index contributed by atoms with van der Waals surface area (Å²) in [4.78, 5) is 3.44. The van der Waals surface area contributed by atoms with Crippen LogP contribution >= 0.6 is 0 Å². The van der Waals surface area contributed by atoms with Gasteiger partial charge in [-0.15, -0.1) is 0 Å². The summed E-state index contributed by atoms with van der Waals surface area (Å²) in [5.41, 5.74) is 3.74. The molecule has 1 aliphatic carbocycles. The first-order chi connectivity index (χ1) is 8.34. The summed E-state index contributed by atoms with van der Waals surface area (Å²) in [6.45, 7) is 6.20. The normalized spacial score (nSPS) is 17.2. The predicted molar refractivity (Wildman–Crippen MR) is 76.9 cm³/mol. The summed E-state index contributed by atoms with van der Waals surface area (Å²) in [5, 5.41) is 1.31. The Hall–Kier alpha value is -1.76. The minimum Gasteiger partial charge on any atom is -0.355 e. The van der Waals surface area contributed by atoms with Crippen LogP contribution in [0.2, 0.25) is 0 Å². The molecule has 0 spiro atoms. The molecule has 0 aliphatic heterocycles. The molecule has 0 saturated carbocycles. The van der Waals surface area contributed by atoms with Crippen molar-refractivity contribution >= 4 is 23.1 Å². The number of aromatic amines is 1. The van der Waals surface area contributed by atoms with E-state index in [-0.39, 0.29) is 0 Å². The molecule has 1 aromatic carbocycles. The highest BCUT2D eigenvalue weighted by atomic mass is 14.7. The van der Waals surface area contributed by atoms with Crippen LogP contribution in [0.5, 0.6) is 0 Å². The van der Waals surface area contributed by atoms with Crippen molar-refractivity contribution in [1.29, 1.82) is 0 Å². The van der Waals surface area contributed by atoms with Gasteiger partial charge >= 0.3 is 0 Å². The first-order valence-corrected chi connectivity index (χ1v) is 6.32. The quantitative estimate of drug-likeness (QED) is 0.658. The molecule has 1 heterocycles. The minimum atomic E-state index is 0.518. The first-order valence-electron chi connectivity index (χ1n) is 6.32. The molecule has 17 heavy (non-hydrogen) atoms. The molecule has 1 N–H and O–H groups in total. The summed E-state index contributed by atoms with van der Waals surface area (Å²) < 4.78 is 0. The van der Waals surface area contributed by atoms with E-state index in [1.165, 1.54) is 22.2 Å². The fourth-order valence-electron chi connectivity index (χ4n) is 2.06. The van der Waals surface area contributed by atoms with Crippen molar-refractivity contribution < 1.29 is 0 Å². The number of rotatable bonds is 0. The largest absolute Gasteiger partial charge is 0.355 e. The lowest BCUT2D eigenvalue weighted by Gasteiger charge is -1.93. The second-order valence-corrected chi connectivity index (χ2v) is 4.08. The van der Waals surface area contributed by atoms with Gasteiger partial charge in [-0.2, -0.15) is 0 Å². The van der Waals surface area contributed by atoms with Gasteiger partial charge in [-0.05, 0) is 18.1 Å². The monoisotopic (exact) mass is 225 g/mol. The Labute approximate surface area is 103 Å². The summed E-state index contributed by atoms with van der Waals surface area (Å²) >= 11 is 0. The molecular weight excluding hydrogens is 206 g/mol. The minimum absolute atomic E-state index is 0.518. The molecule has 1 unspecified atom stereocenters. The molecule has 0 radical (unpaired) electrons. The van der Waals surface area contributed by atoms with Crippen LogP contribution in [0, 0.1) is 5.92 Å². The van der Waals surface area contributed by atoms with Crippen molar-refractivity contribution in [3.05, 3.63) is 47.7 Å². The molecule has 88 valence electrons. The lowest BCUT2D eigenvalue weighted by Crippen LogP contribution is -1.78. The van der Waals surface area contributed by atoms with Gasteiger partial charge in [0.25, 0.3) is 0 Å². The average Bonchev–Trinajstić information content (AvgIpc) is 2.64. The summed E-state index contributed by atoms with van der Waals surface area (Å²) in [7, 11) is 0. The SMILES string of the molecule is CC.CC1C=Cc2[nH]c3ccccc3c2C=C1. The van der Waals surface area contributed by atoms with Crippen molar-refractivity contribution in [2.24, 2.45) is 5.92 Å². The van der Waals surface area contributed by atoms with E-state index < -0.39 is 0 Å². The van der Waals surface area contributed by atoms with Crippen LogP contribution < -0.4 is 0 Å². The zero-order chi connectivity index (χ0) is 12.3. The number of benzene rings is 1. The van der Waals surface area contributed by atoms with Crippen molar-refractivity contribution in [1.82, 2.24) is 4.98 Å². The highest BCUT2D eigenvalue weighted by molar-refractivity contribution is 5.93. The Morgan fingerprint density at radius 3 is 2.53 bits per heavy atom. The molecular formula is C16H19N. The van der Waals surface area contributed by atoms with Crippen molar-refractivity contribution in [3.63, 3.8) is 0 Å². The number of hydrogen-bond acceptors (Lipinski definition) is 0. The number of H-pyrrole nitrogens is 1. The Morgan fingerprint density at radius 1 is 1.00 bits per heavy atom. The topological polar surface area (TPSA) is 15.8 Å². The van der Waals surface area contributed by atoms with Crippen LogP contribution in [0.25, 0.3) is 23.1 Å². The molecule has 1 heteroatoms. The lowest BCUT2D eigenvalue weighted by atomic mass is 10.1. The van der Waals surface area contributed by atoms with Crippen molar-refractivity contribution in [3.8, 4) is 0 Å². The highest BCUT2D eigenvalue weighted by Gasteiger charge is 2.08. The zero-order valence-corrected chi connectivity index (χ0v) is 10.7. The Bertz CT molecular complexity index is 558. The number of aromatic nitrogens is 1. The van der Waals surface area contributed by atoms with Gasteiger partial charge in [0.1, 0.15) is 0 Å². The van der Waals surface area contributed by atoms with Gasteiger partial charge in [-0.25, -0.2) is 0 Å². The van der Waals surface area contributed by atoms with Gasteiger partial charge in [0.15, 0.2) is 0 Å². The third-order valence-corrected chi connectivity index (χ3v) is 2.91. The highest BCUT2D eigenvalue weighted by Crippen LogP contribution is 2.27.